The molecule has 0 aliphatic carbocycles. The topological polar surface area (TPSA) is 84.1 Å². The quantitative estimate of drug-likeness (QED) is 0.696. The molecule has 1 aromatic carbocycles. The highest BCUT2D eigenvalue weighted by molar-refractivity contribution is 6.06. The standard InChI is InChI=1S/C11H8N3O2/c1-11(9(15)13-10(16)14-11)8-4-2-7(6-12)3-5-8/h2-5H,1H3,(H,14,16). The maximum Gasteiger partial charge on any atom is 0.345 e. The van der Waals surface area contributed by atoms with Crippen LogP contribution < -0.4 is 10.6 Å². The molecule has 5 heteroatoms. The average molecular weight is 214 g/mol. The molecule has 79 valence electrons. The fourth-order valence-electron chi connectivity index (χ4n) is 1.57. The van der Waals surface area contributed by atoms with Crippen molar-refractivity contribution in [3.05, 3.63) is 35.4 Å². The number of carbonyl (C=O) groups is 2. The van der Waals surface area contributed by atoms with Crippen LogP contribution in [0.2, 0.25) is 0 Å². The summed E-state index contributed by atoms with van der Waals surface area (Å²) in [7, 11) is 0. The first-order valence-electron chi connectivity index (χ1n) is 4.65. The van der Waals surface area contributed by atoms with Gasteiger partial charge in [-0.3, -0.25) is 4.79 Å². The monoisotopic (exact) mass is 214 g/mol. The molecule has 1 aliphatic rings. The Bertz CT molecular complexity index is 501. The number of hydrogen-bond donors (Lipinski definition) is 1. The molecule has 0 bridgehead atoms. The van der Waals surface area contributed by atoms with Crippen LogP contribution in [0, 0.1) is 11.3 Å². The highest BCUT2D eigenvalue weighted by Gasteiger charge is 2.44. The molecule has 1 N–H and O–H groups in total. The third-order valence-electron chi connectivity index (χ3n) is 2.58. The smallest absolute Gasteiger partial charge is 0.318 e. The molecule has 1 unspecified atom stereocenters. The third kappa shape index (κ3) is 1.41. The van der Waals surface area contributed by atoms with Crippen LogP contribution in [-0.2, 0) is 10.3 Å². The van der Waals surface area contributed by atoms with Gasteiger partial charge in [0.2, 0.25) is 0 Å². The van der Waals surface area contributed by atoms with Crippen molar-refractivity contribution < 1.29 is 9.59 Å². The van der Waals surface area contributed by atoms with Crippen LogP contribution in [0.5, 0.6) is 0 Å². The van der Waals surface area contributed by atoms with Crippen LogP contribution >= 0.6 is 0 Å². The van der Waals surface area contributed by atoms with Gasteiger partial charge >= 0.3 is 6.03 Å². The van der Waals surface area contributed by atoms with Gasteiger partial charge in [0.15, 0.2) is 0 Å². The molecule has 0 aromatic heterocycles. The van der Waals surface area contributed by atoms with Crippen LogP contribution in [0.1, 0.15) is 18.1 Å². The summed E-state index contributed by atoms with van der Waals surface area (Å²) in [4.78, 5) is 22.6. The second-order valence-electron chi connectivity index (χ2n) is 3.66. The fraction of sp³-hybridized carbons (Fsp3) is 0.182. The lowest BCUT2D eigenvalue weighted by molar-refractivity contribution is -0.123. The number of nitrogens with one attached hydrogen (secondary N) is 1. The number of amides is 3. The molecule has 2 rings (SSSR count). The molecular weight excluding hydrogens is 206 g/mol. The van der Waals surface area contributed by atoms with E-state index in [2.05, 4.69) is 10.6 Å². The Morgan fingerprint density at radius 3 is 2.38 bits per heavy atom. The predicted octanol–water partition coefficient (Wildman–Crippen LogP) is 0.628. The molecule has 1 aromatic rings. The highest BCUT2D eigenvalue weighted by Crippen LogP contribution is 2.24. The van der Waals surface area contributed by atoms with Gasteiger partial charge in [-0.15, -0.1) is 0 Å². The van der Waals surface area contributed by atoms with Crippen LogP contribution in [0.4, 0.5) is 4.79 Å². The largest absolute Gasteiger partial charge is 0.345 e. The number of urea groups is 1. The Morgan fingerprint density at radius 1 is 1.31 bits per heavy atom. The fourth-order valence-corrected chi connectivity index (χ4v) is 1.57. The van der Waals surface area contributed by atoms with Crippen molar-refractivity contribution in [2.24, 2.45) is 0 Å². The van der Waals surface area contributed by atoms with Gasteiger partial charge in [-0.2, -0.15) is 10.6 Å². The molecule has 1 heterocycles. The minimum atomic E-state index is -1.11. The summed E-state index contributed by atoms with van der Waals surface area (Å²) >= 11 is 0. The number of imide groups is 1. The van der Waals surface area contributed by atoms with Crippen molar-refractivity contribution in [2.75, 3.05) is 0 Å². The van der Waals surface area contributed by atoms with Crippen LogP contribution in [-0.4, -0.2) is 11.9 Å². The molecule has 3 amide bonds. The van der Waals surface area contributed by atoms with E-state index >= 15 is 0 Å². The van der Waals surface area contributed by atoms with Gasteiger partial charge in [-0.25, -0.2) is 4.79 Å². The van der Waals surface area contributed by atoms with E-state index in [1.807, 2.05) is 6.07 Å². The maximum atomic E-state index is 11.5. The minimum Gasteiger partial charge on any atom is -0.318 e. The number of hydrogen-bond acceptors (Lipinski definition) is 3. The molecule has 0 saturated carbocycles. The first-order valence-corrected chi connectivity index (χ1v) is 4.65. The van der Waals surface area contributed by atoms with Gasteiger partial charge in [-0.1, -0.05) is 12.1 Å². The molecular formula is C11H8N3O2. The average Bonchev–Trinajstić information content (AvgIpc) is 2.54. The first-order chi connectivity index (χ1) is 7.56. The summed E-state index contributed by atoms with van der Waals surface area (Å²) in [6.07, 6.45) is 0. The SMILES string of the molecule is CC1(c2ccc(C#N)cc2)NC(=O)[N]C1=O. The Labute approximate surface area is 92.1 Å². The lowest BCUT2D eigenvalue weighted by atomic mass is 9.92. The zero-order chi connectivity index (χ0) is 11.8. The number of rotatable bonds is 1. The van der Waals surface area contributed by atoms with E-state index in [9.17, 15) is 9.59 Å². The Morgan fingerprint density at radius 2 is 1.94 bits per heavy atom. The zero-order valence-corrected chi connectivity index (χ0v) is 8.52. The van der Waals surface area contributed by atoms with E-state index in [1.54, 1.807) is 31.2 Å². The summed E-state index contributed by atoms with van der Waals surface area (Å²) in [5.74, 6) is -0.512. The van der Waals surface area contributed by atoms with Gasteiger partial charge in [0.05, 0.1) is 11.6 Å². The van der Waals surface area contributed by atoms with E-state index in [4.69, 9.17) is 5.26 Å². The highest BCUT2D eigenvalue weighted by atomic mass is 16.2. The van der Waals surface area contributed by atoms with Gasteiger partial charge in [0.1, 0.15) is 5.54 Å². The number of nitriles is 1. The zero-order valence-electron chi connectivity index (χ0n) is 8.52. The van der Waals surface area contributed by atoms with Gasteiger partial charge < -0.3 is 5.32 Å². The van der Waals surface area contributed by atoms with E-state index in [0.717, 1.165) is 0 Å². The Hall–Kier alpha value is -2.35. The second kappa shape index (κ2) is 3.35. The van der Waals surface area contributed by atoms with Crippen molar-refractivity contribution in [1.82, 2.24) is 10.6 Å². The van der Waals surface area contributed by atoms with Crippen molar-refractivity contribution in [3.8, 4) is 6.07 Å². The number of benzene rings is 1. The summed E-state index contributed by atoms with van der Waals surface area (Å²) in [5.41, 5.74) is 0.0117. The predicted molar refractivity (Wildman–Crippen MR) is 54.2 cm³/mol. The maximum absolute atomic E-state index is 11.5. The summed E-state index contributed by atoms with van der Waals surface area (Å²) < 4.78 is 0. The number of nitrogens with zero attached hydrogens (tertiary/aromatic N) is 2. The molecule has 1 radical (unpaired) electrons. The van der Waals surface area contributed by atoms with E-state index < -0.39 is 17.5 Å². The Balaban J connectivity index is 2.40. The van der Waals surface area contributed by atoms with Crippen molar-refractivity contribution in [1.29, 1.82) is 5.26 Å². The lowest BCUT2D eigenvalue weighted by Crippen LogP contribution is -2.40. The van der Waals surface area contributed by atoms with Gasteiger partial charge in [0, 0.05) is 0 Å². The van der Waals surface area contributed by atoms with Crippen molar-refractivity contribution in [2.45, 2.75) is 12.5 Å². The van der Waals surface area contributed by atoms with Gasteiger partial charge in [0.25, 0.3) is 5.91 Å². The second-order valence-corrected chi connectivity index (χ2v) is 3.66. The molecule has 1 aliphatic heterocycles. The molecule has 0 spiro atoms. The van der Waals surface area contributed by atoms with E-state index in [1.165, 1.54) is 0 Å². The van der Waals surface area contributed by atoms with Crippen molar-refractivity contribution >= 4 is 11.9 Å². The molecule has 5 nitrogen and oxygen atoms in total. The van der Waals surface area contributed by atoms with Crippen LogP contribution in [0.15, 0.2) is 24.3 Å². The van der Waals surface area contributed by atoms with Gasteiger partial charge in [-0.05, 0) is 24.6 Å². The molecule has 1 fully saturated rings. The van der Waals surface area contributed by atoms with Crippen molar-refractivity contribution in [3.63, 3.8) is 0 Å². The summed E-state index contributed by atoms with van der Waals surface area (Å²) in [6, 6.07) is 7.82. The van der Waals surface area contributed by atoms with Crippen LogP contribution in [0.25, 0.3) is 0 Å². The van der Waals surface area contributed by atoms with E-state index in [0.29, 0.717) is 11.1 Å². The molecule has 1 saturated heterocycles. The Kier molecular flexibility index (Phi) is 2.13. The molecule has 1 atom stereocenters. The first kappa shape index (κ1) is 10.2. The van der Waals surface area contributed by atoms with Crippen LogP contribution in [0.3, 0.4) is 0 Å². The summed E-state index contributed by atoms with van der Waals surface area (Å²) in [5, 5.41) is 14.4. The van der Waals surface area contributed by atoms with E-state index in [-0.39, 0.29) is 0 Å². The third-order valence-corrected chi connectivity index (χ3v) is 2.58. The number of carbonyl (C=O) groups excluding carboxylic acids is 2. The summed E-state index contributed by atoms with van der Waals surface area (Å²) in [6.45, 7) is 1.59. The lowest BCUT2D eigenvalue weighted by Gasteiger charge is -2.20. The normalized spacial score (nSPS) is 23.5. The minimum absolute atomic E-state index is 0.501. The molecule has 16 heavy (non-hydrogen) atoms.